The average molecular weight is 318 g/mol. The molecular formula is C13H20ClN3O2S. The van der Waals surface area contributed by atoms with Crippen LogP contribution in [0.4, 0.5) is 5.13 Å². The molecule has 3 N–H and O–H groups in total. The third-order valence-corrected chi connectivity index (χ3v) is 4.04. The number of fused-ring (bicyclic) bond motifs is 1. The zero-order valence-electron chi connectivity index (χ0n) is 11.9. The molecule has 5 nitrogen and oxygen atoms in total. The number of rotatable bonds is 3. The van der Waals surface area contributed by atoms with E-state index in [9.17, 15) is 9.59 Å². The van der Waals surface area contributed by atoms with Crippen LogP contribution in [-0.4, -0.2) is 22.7 Å². The molecule has 0 radical (unpaired) electrons. The Kier molecular flexibility index (Phi) is 5.29. The molecule has 0 bridgehead atoms. The third-order valence-electron chi connectivity index (χ3n) is 2.99. The van der Waals surface area contributed by atoms with Gasteiger partial charge in [0.1, 0.15) is 0 Å². The second kappa shape index (κ2) is 6.20. The van der Waals surface area contributed by atoms with E-state index in [-0.39, 0.29) is 42.0 Å². The van der Waals surface area contributed by atoms with Gasteiger partial charge in [-0.2, -0.15) is 0 Å². The number of hydrogen-bond acceptors (Lipinski definition) is 5. The highest BCUT2D eigenvalue weighted by atomic mass is 35.5. The van der Waals surface area contributed by atoms with Crippen molar-refractivity contribution >= 4 is 40.6 Å². The molecule has 1 aromatic rings. The number of aromatic nitrogens is 1. The van der Waals surface area contributed by atoms with Crippen LogP contribution >= 0.6 is 23.7 Å². The van der Waals surface area contributed by atoms with Gasteiger partial charge in [0.15, 0.2) is 10.9 Å². The maximum Gasteiger partial charge on any atom is 0.227 e. The van der Waals surface area contributed by atoms with E-state index in [1.54, 1.807) is 6.92 Å². The second-order valence-corrected chi connectivity index (χ2v) is 6.96. The molecule has 0 spiro atoms. The van der Waals surface area contributed by atoms with E-state index >= 15 is 0 Å². The first kappa shape index (κ1) is 17.1. The summed E-state index contributed by atoms with van der Waals surface area (Å²) in [5.41, 5.74) is 6.33. The normalized spacial score (nSPS) is 17.9. The number of nitrogens with zero attached hydrogens (tertiary/aromatic N) is 1. The summed E-state index contributed by atoms with van der Waals surface area (Å²) in [4.78, 5) is 28.7. The largest absolute Gasteiger partial charge is 0.327 e. The smallest absolute Gasteiger partial charge is 0.227 e. The Balaban J connectivity index is 0.00000200. The molecule has 1 aliphatic rings. The predicted octanol–water partition coefficient (Wildman–Crippen LogP) is 2.40. The molecule has 112 valence electrons. The Morgan fingerprint density at radius 2 is 2.15 bits per heavy atom. The molecule has 0 saturated carbocycles. The standard InChI is InChI=1S/C13H19N3O2S.ClH/c1-7(14)4-10(18)16-12-15-8-5-13(2,3)6-9(17)11(8)19-12;/h7H,4-6,14H2,1-3H3,(H,15,16,18);1H. The summed E-state index contributed by atoms with van der Waals surface area (Å²) < 4.78 is 0. The van der Waals surface area contributed by atoms with Gasteiger partial charge in [0, 0.05) is 18.9 Å². The lowest BCUT2D eigenvalue weighted by molar-refractivity contribution is -0.116. The van der Waals surface area contributed by atoms with Crippen LogP contribution in [0.3, 0.4) is 0 Å². The van der Waals surface area contributed by atoms with Crippen molar-refractivity contribution in [1.29, 1.82) is 0 Å². The van der Waals surface area contributed by atoms with Gasteiger partial charge in [0.05, 0.1) is 10.6 Å². The number of anilines is 1. The number of halogens is 1. The molecule has 1 aromatic heterocycles. The SMILES string of the molecule is CC(N)CC(=O)Nc1nc2c(s1)C(=O)CC(C)(C)C2.Cl. The second-order valence-electron chi connectivity index (χ2n) is 5.97. The molecule has 1 amide bonds. The summed E-state index contributed by atoms with van der Waals surface area (Å²) in [5.74, 6) is -0.0377. The minimum atomic E-state index is -0.185. The quantitative estimate of drug-likeness (QED) is 0.896. The van der Waals surface area contributed by atoms with E-state index in [1.165, 1.54) is 11.3 Å². The average Bonchev–Trinajstić information content (AvgIpc) is 2.56. The molecule has 0 aliphatic heterocycles. The third kappa shape index (κ3) is 4.01. The van der Waals surface area contributed by atoms with Gasteiger partial charge >= 0.3 is 0 Å². The molecule has 0 fully saturated rings. The van der Waals surface area contributed by atoms with E-state index < -0.39 is 0 Å². The lowest BCUT2D eigenvalue weighted by Gasteiger charge is -2.26. The number of hydrogen-bond donors (Lipinski definition) is 2. The monoisotopic (exact) mass is 317 g/mol. The fourth-order valence-electron chi connectivity index (χ4n) is 2.24. The Morgan fingerprint density at radius 3 is 2.75 bits per heavy atom. The van der Waals surface area contributed by atoms with Crippen molar-refractivity contribution in [2.24, 2.45) is 11.1 Å². The van der Waals surface area contributed by atoms with Crippen molar-refractivity contribution in [2.45, 2.75) is 46.1 Å². The van der Waals surface area contributed by atoms with Gasteiger partial charge < -0.3 is 11.1 Å². The number of amides is 1. The van der Waals surface area contributed by atoms with Crippen LogP contribution in [0.25, 0.3) is 0 Å². The summed E-state index contributed by atoms with van der Waals surface area (Å²) in [6.07, 6.45) is 1.56. The molecule has 20 heavy (non-hydrogen) atoms. The summed E-state index contributed by atoms with van der Waals surface area (Å²) in [6.45, 7) is 5.89. The first-order valence-electron chi connectivity index (χ1n) is 6.35. The fraction of sp³-hybridized carbons (Fsp3) is 0.615. The number of ketones is 1. The molecule has 1 unspecified atom stereocenters. The molecule has 2 rings (SSSR count). The van der Waals surface area contributed by atoms with E-state index in [4.69, 9.17) is 5.73 Å². The lowest BCUT2D eigenvalue weighted by atomic mass is 9.78. The van der Waals surface area contributed by atoms with Crippen LogP contribution < -0.4 is 11.1 Å². The maximum atomic E-state index is 12.0. The topological polar surface area (TPSA) is 85.1 Å². The van der Waals surface area contributed by atoms with Crippen LogP contribution in [0.15, 0.2) is 0 Å². The van der Waals surface area contributed by atoms with Crippen LogP contribution in [0.2, 0.25) is 0 Å². The van der Waals surface area contributed by atoms with Gasteiger partial charge in [0.25, 0.3) is 0 Å². The number of nitrogens with one attached hydrogen (secondary N) is 1. The predicted molar refractivity (Wildman–Crippen MR) is 82.7 cm³/mol. The number of carbonyl (C=O) groups excluding carboxylic acids is 2. The minimum Gasteiger partial charge on any atom is -0.327 e. The zero-order chi connectivity index (χ0) is 14.2. The highest BCUT2D eigenvalue weighted by Crippen LogP contribution is 2.38. The Bertz CT molecular complexity index is 526. The maximum absolute atomic E-state index is 12.0. The van der Waals surface area contributed by atoms with E-state index in [2.05, 4.69) is 24.1 Å². The van der Waals surface area contributed by atoms with Crippen molar-refractivity contribution < 1.29 is 9.59 Å². The van der Waals surface area contributed by atoms with Crippen molar-refractivity contribution in [1.82, 2.24) is 4.98 Å². The van der Waals surface area contributed by atoms with Gasteiger partial charge in [-0.15, -0.1) is 12.4 Å². The Hall–Kier alpha value is -0.980. The Labute approximate surface area is 128 Å². The van der Waals surface area contributed by atoms with Gasteiger partial charge in [-0.25, -0.2) is 4.98 Å². The van der Waals surface area contributed by atoms with Crippen LogP contribution in [-0.2, 0) is 11.2 Å². The molecular weight excluding hydrogens is 298 g/mol. The molecule has 1 atom stereocenters. The number of thiazole rings is 1. The van der Waals surface area contributed by atoms with Crippen LogP contribution in [0.1, 0.15) is 49.0 Å². The first-order valence-corrected chi connectivity index (χ1v) is 7.17. The van der Waals surface area contributed by atoms with Crippen molar-refractivity contribution in [3.8, 4) is 0 Å². The summed E-state index contributed by atoms with van der Waals surface area (Å²) in [5, 5.41) is 3.22. The van der Waals surface area contributed by atoms with Crippen molar-refractivity contribution in [3.63, 3.8) is 0 Å². The van der Waals surface area contributed by atoms with E-state index in [0.717, 1.165) is 12.1 Å². The fourth-order valence-corrected chi connectivity index (χ4v) is 3.17. The van der Waals surface area contributed by atoms with Gasteiger partial charge in [-0.3, -0.25) is 9.59 Å². The lowest BCUT2D eigenvalue weighted by Crippen LogP contribution is -2.26. The summed E-state index contributed by atoms with van der Waals surface area (Å²) in [6, 6.07) is -0.185. The molecule has 1 heterocycles. The molecule has 0 aromatic carbocycles. The van der Waals surface area contributed by atoms with Gasteiger partial charge in [0.2, 0.25) is 5.91 Å². The number of carbonyl (C=O) groups is 2. The van der Waals surface area contributed by atoms with Gasteiger partial charge in [-0.1, -0.05) is 25.2 Å². The summed E-state index contributed by atoms with van der Waals surface area (Å²) in [7, 11) is 0. The zero-order valence-corrected chi connectivity index (χ0v) is 13.5. The highest BCUT2D eigenvalue weighted by Gasteiger charge is 2.34. The van der Waals surface area contributed by atoms with E-state index in [1.807, 2.05) is 0 Å². The molecule has 7 heteroatoms. The number of Topliss-reactive ketones (excluding diaryl/α,β-unsaturated/α-hetero) is 1. The van der Waals surface area contributed by atoms with Crippen LogP contribution in [0, 0.1) is 5.41 Å². The van der Waals surface area contributed by atoms with Crippen molar-refractivity contribution in [2.75, 3.05) is 5.32 Å². The van der Waals surface area contributed by atoms with Gasteiger partial charge in [-0.05, 0) is 18.8 Å². The first-order chi connectivity index (χ1) is 8.77. The molecule has 1 aliphatic carbocycles. The number of nitrogens with two attached hydrogens (primary N) is 1. The highest BCUT2D eigenvalue weighted by molar-refractivity contribution is 7.17. The van der Waals surface area contributed by atoms with E-state index in [0.29, 0.717) is 16.4 Å². The van der Waals surface area contributed by atoms with Crippen molar-refractivity contribution in [3.05, 3.63) is 10.6 Å². The molecule has 0 saturated heterocycles. The minimum absolute atomic E-state index is 0. The van der Waals surface area contributed by atoms with Crippen LogP contribution in [0.5, 0.6) is 0 Å². The Morgan fingerprint density at radius 1 is 1.50 bits per heavy atom. The summed E-state index contributed by atoms with van der Waals surface area (Å²) >= 11 is 1.27.